The first-order chi connectivity index (χ1) is 43.0. The Balaban J connectivity index is 5.13. The van der Waals surface area contributed by atoms with Crippen LogP contribution in [0.5, 0.6) is 0 Å². The summed E-state index contributed by atoms with van der Waals surface area (Å²) >= 11 is 0. The van der Waals surface area contributed by atoms with Crippen LogP contribution >= 0.6 is 15.6 Å². The van der Waals surface area contributed by atoms with Gasteiger partial charge >= 0.3 is 39.5 Å². The summed E-state index contributed by atoms with van der Waals surface area (Å²) < 4.78 is 68.1. The number of unbranched alkanes of at least 4 members (excludes halogenated alkanes) is 42. The number of carbonyl (C=O) groups is 4. The fraction of sp³-hybridized carbons (Fsp3) is 0.943. The van der Waals surface area contributed by atoms with Gasteiger partial charge < -0.3 is 33.8 Å². The molecule has 5 atom stereocenters. The summed E-state index contributed by atoms with van der Waals surface area (Å²) in [6.07, 6.45) is 50.1. The predicted octanol–water partition coefficient (Wildman–Crippen LogP) is 20.1. The number of hydrogen-bond acceptors (Lipinski definition) is 15. The van der Waals surface area contributed by atoms with Gasteiger partial charge in [0, 0.05) is 25.7 Å². The van der Waals surface area contributed by atoms with Crippen molar-refractivity contribution >= 4 is 39.5 Å². The van der Waals surface area contributed by atoms with Crippen LogP contribution in [-0.2, 0) is 65.4 Å². The van der Waals surface area contributed by atoms with Crippen molar-refractivity contribution in [2.45, 2.75) is 380 Å². The van der Waals surface area contributed by atoms with Gasteiger partial charge in [0.25, 0.3) is 0 Å². The van der Waals surface area contributed by atoms with E-state index in [2.05, 4.69) is 34.6 Å². The highest BCUT2D eigenvalue weighted by molar-refractivity contribution is 7.47. The SMILES string of the molecule is CCCCCCCCCCCCCC(=O)OC[C@H](COP(=O)(O)OC[C@@H](O)COP(=O)(O)OC[C@@H](COC(=O)CCCCCCCCCC)OC(=O)CCCCCCCCCCC)OC(=O)CCCCCCCCCCCCCCCCCCCCC(C)C. The standard InChI is InChI=1S/C70H136O17P2/c1-6-9-12-15-18-21-30-35-39-44-49-54-68(73)81-60-66(87-70(75)56-51-46-41-36-32-29-27-25-23-22-24-26-28-31-34-37-42-47-52-63(4)5)62-85-89(78,79)83-58-64(71)57-82-88(76,77)84-61-65(59-80-67(72)53-48-43-38-20-17-14-11-8-3)86-69(74)55-50-45-40-33-19-16-13-10-7-2/h63-66,71H,6-62H2,1-5H3,(H,76,77)(H,78,79)/t64-,65+,66+/m0/s1. The van der Waals surface area contributed by atoms with Crippen LogP contribution in [0.25, 0.3) is 0 Å². The molecule has 17 nitrogen and oxygen atoms in total. The van der Waals surface area contributed by atoms with Gasteiger partial charge in [0.1, 0.15) is 19.3 Å². The zero-order valence-corrected chi connectivity index (χ0v) is 59.4. The van der Waals surface area contributed by atoms with E-state index in [0.29, 0.717) is 25.7 Å². The summed E-state index contributed by atoms with van der Waals surface area (Å²) in [4.78, 5) is 72.3. The number of aliphatic hydroxyl groups excluding tert-OH is 1. The van der Waals surface area contributed by atoms with Crippen LogP contribution in [0.4, 0.5) is 0 Å². The highest BCUT2D eigenvalue weighted by Gasteiger charge is 2.30. The molecule has 0 aromatic rings. The number of rotatable bonds is 70. The topological polar surface area (TPSA) is 237 Å². The molecule has 0 aromatic heterocycles. The number of ether oxygens (including phenoxy) is 4. The van der Waals surface area contributed by atoms with E-state index in [1.807, 2.05) is 0 Å². The van der Waals surface area contributed by atoms with E-state index < -0.39 is 97.5 Å². The third-order valence-electron chi connectivity index (χ3n) is 16.3. The molecule has 0 saturated carbocycles. The first kappa shape index (κ1) is 87.1. The van der Waals surface area contributed by atoms with Crippen LogP contribution in [0, 0.1) is 5.92 Å². The molecule has 89 heavy (non-hydrogen) atoms. The summed E-state index contributed by atoms with van der Waals surface area (Å²) in [6, 6.07) is 0. The highest BCUT2D eigenvalue weighted by atomic mass is 31.2. The van der Waals surface area contributed by atoms with E-state index in [1.54, 1.807) is 0 Å². The lowest BCUT2D eigenvalue weighted by atomic mass is 10.0. The number of hydrogen-bond donors (Lipinski definition) is 3. The molecule has 0 rings (SSSR count). The maximum absolute atomic E-state index is 13.0. The van der Waals surface area contributed by atoms with Gasteiger partial charge in [0.05, 0.1) is 26.4 Å². The molecule has 0 fully saturated rings. The highest BCUT2D eigenvalue weighted by Crippen LogP contribution is 2.45. The minimum Gasteiger partial charge on any atom is -0.462 e. The Morgan fingerprint density at radius 1 is 0.303 bits per heavy atom. The van der Waals surface area contributed by atoms with Gasteiger partial charge in [-0.25, -0.2) is 9.13 Å². The normalized spacial score (nSPS) is 14.1. The molecule has 0 saturated heterocycles. The summed E-state index contributed by atoms with van der Waals surface area (Å²) in [5.74, 6) is -1.31. The summed E-state index contributed by atoms with van der Waals surface area (Å²) in [6.45, 7) is 7.23. The Hall–Kier alpha value is -1.94. The molecule has 3 N–H and O–H groups in total. The average Bonchev–Trinajstić information content (AvgIpc) is 3.55. The minimum absolute atomic E-state index is 0.106. The first-order valence-corrected chi connectivity index (χ1v) is 39.6. The van der Waals surface area contributed by atoms with E-state index in [4.69, 9.17) is 37.0 Å². The monoisotopic (exact) mass is 1310 g/mol. The van der Waals surface area contributed by atoms with E-state index in [1.165, 1.54) is 180 Å². The Kier molecular flexibility index (Phi) is 62.1. The molecule has 528 valence electrons. The number of aliphatic hydroxyl groups is 1. The smallest absolute Gasteiger partial charge is 0.462 e. The zero-order chi connectivity index (χ0) is 65.6. The molecule has 0 aliphatic carbocycles. The summed E-state index contributed by atoms with van der Waals surface area (Å²) in [5.41, 5.74) is 0. The molecule has 0 heterocycles. The van der Waals surface area contributed by atoms with Crippen LogP contribution in [0.2, 0.25) is 0 Å². The summed E-state index contributed by atoms with van der Waals surface area (Å²) in [7, 11) is -9.89. The molecular formula is C70H136O17P2. The lowest BCUT2D eigenvalue weighted by Gasteiger charge is -2.21. The van der Waals surface area contributed by atoms with Crippen molar-refractivity contribution in [3.05, 3.63) is 0 Å². The van der Waals surface area contributed by atoms with Crippen LogP contribution < -0.4 is 0 Å². The molecule has 0 radical (unpaired) electrons. The second-order valence-electron chi connectivity index (χ2n) is 25.7. The molecule has 0 amide bonds. The largest absolute Gasteiger partial charge is 0.472 e. The molecule has 2 unspecified atom stereocenters. The van der Waals surface area contributed by atoms with Crippen LogP contribution in [0.3, 0.4) is 0 Å². The van der Waals surface area contributed by atoms with Crippen LogP contribution in [0.1, 0.15) is 362 Å². The molecule has 0 aliphatic rings. The van der Waals surface area contributed by atoms with E-state index in [-0.39, 0.29) is 25.7 Å². The van der Waals surface area contributed by atoms with Gasteiger partial charge in [-0.3, -0.25) is 37.3 Å². The zero-order valence-electron chi connectivity index (χ0n) is 57.6. The van der Waals surface area contributed by atoms with Gasteiger partial charge in [-0.15, -0.1) is 0 Å². The van der Waals surface area contributed by atoms with Crippen molar-refractivity contribution in [3.63, 3.8) is 0 Å². The van der Waals surface area contributed by atoms with Crippen molar-refractivity contribution in [3.8, 4) is 0 Å². The molecule has 0 bridgehead atoms. The Morgan fingerprint density at radius 2 is 0.517 bits per heavy atom. The van der Waals surface area contributed by atoms with Crippen molar-refractivity contribution in [2.75, 3.05) is 39.6 Å². The second kappa shape index (κ2) is 63.5. The fourth-order valence-corrected chi connectivity index (χ4v) is 12.2. The molecule has 0 aromatic carbocycles. The van der Waals surface area contributed by atoms with Crippen molar-refractivity contribution < 1.29 is 80.2 Å². The Labute approximate surface area is 543 Å². The number of phosphoric acid groups is 2. The number of phosphoric ester groups is 2. The van der Waals surface area contributed by atoms with Crippen molar-refractivity contribution in [1.82, 2.24) is 0 Å². The quantitative estimate of drug-likeness (QED) is 0.0222. The number of carbonyl (C=O) groups excluding carboxylic acids is 4. The molecule has 0 aliphatic heterocycles. The van der Waals surface area contributed by atoms with Crippen molar-refractivity contribution in [1.29, 1.82) is 0 Å². The maximum atomic E-state index is 13.0. The molecular weight excluding hydrogens is 1170 g/mol. The fourth-order valence-electron chi connectivity index (χ4n) is 10.6. The van der Waals surface area contributed by atoms with Crippen LogP contribution in [0.15, 0.2) is 0 Å². The predicted molar refractivity (Wildman–Crippen MR) is 358 cm³/mol. The van der Waals surface area contributed by atoms with Gasteiger partial charge in [0.15, 0.2) is 12.2 Å². The van der Waals surface area contributed by atoms with E-state index >= 15 is 0 Å². The second-order valence-corrected chi connectivity index (χ2v) is 28.7. The lowest BCUT2D eigenvalue weighted by molar-refractivity contribution is -0.161. The van der Waals surface area contributed by atoms with Gasteiger partial charge in [-0.05, 0) is 31.6 Å². The molecule has 0 spiro atoms. The van der Waals surface area contributed by atoms with Crippen LogP contribution in [-0.4, -0.2) is 96.7 Å². The van der Waals surface area contributed by atoms with Gasteiger partial charge in [0.2, 0.25) is 0 Å². The molecule has 19 heteroatoms. The first-order valence-electron chi connectivity index (χ1n) is 36.6. The third kappa shape index (κ3) is 64.6. The Bertz CT molecular complexity index is 1720. The van der Waals surface area contributed by atoms with Gasteiger partial charge in [-0.2, -0.15) is 0 Å². The lowest BCUT2D eigenvalue weighted by Crippen LogP contribution is -2.30. The summed E-state index contributed by atoms with van der Waals surface area (Å²) in [5, 5.41) is 10.6. The minimum atomic E-state index is -4.95. The number of esters is 4. The third-order valence-corrected chi connectivity index (χ3v) is 18.2. The van der Waals surface area contributed by atoms with Crippen molar-refractivity contribution in [2.24, 2.45) is 5.92 Å². The van der Waals surface area contributed by atoms with Gasteiger partial charge in [-0.1, -0.05) is 311 Å². The average molecular weight is 1310 g/mol. The van der Waals surface area contributed by atoms with E-state index in [0.717, 1.165) is 102 Å². The van der Waals surface area contributed by atoms with E-state index in [9.17, 15) is 43.2 Å². The Morgan fingerprint density at radius 3 is 0.764 bits per heavy atom. The maximum Gasteiger partial charge on any atom is 0.472 e.